The Morgan fingerprint density at radius 3 is 2.55 bits per heavy atom. The van der Waals surface area contributed by atoms with Gasteiger partial charge in [0.15, 0.2) is 0 Å². The van der Waals surface area contributed by atoms with Gasteiger partial charge in [-0.3, -0.25) is 5.10 Å². The number of carbonyl (C=O) groups is 1. The van der Waals surface area contributed by atoms with Gasteiger partial charge in [0.1, 0.15) is 18.2 Å². The minimum atomic E-state index is -0.250. The van der Waals surface area contributed by atoms with Gasteiger partial charge in [0, 0.05) is 41.4 Å². The van der Waals surface area contributed by atoms with E-state index in [1.807, 2.05) is 12.1 Å². The molecule has 0 saturated carbocycles. The Kier molecular flexibility index (Phi) is 4.61. The van der Waals surface area contributed by atoms with Crippen LogP contribution in [0.1, 0.15) is 11.9 Å². The number of benzene rings is 2. The lowest BCUT2D eigenvalue weighted by Crippen LogP contribution is -2.49. The minimum Gasteiger partial charge on any atom is -0.377 e. The Morgan fingerprint density at radius 1 is 1.14 bits per heavy atom. The first-order valence-electron chi connectivity index (χ1n) is 9.76. The van der Waals surface area contributed by atoms with Crippen LogP contribution in [0.25, 0.3) is 21.8 Å². The summed E-state index contributed by atoms with van der Waals surface area (Å²) >= 11 is 0. The number of nitrogens with one attached hydrogen (secondary N) is 2. The summed E-state index contributed by atoms with van der Waals surface area (Å²) in [6.45, 7) is 2.67. The Labute approximate surface area is 167 Å². The highest BCUT2D eigenvalue weighted by molar-refractivity contribution is 6.07. The average molecular weight is 390 g/mol. The highest BCUT2D eigenvalue weighted by atomic mass is 16.5. The SMILES string of the molecule is O=C(NCCn1c2ccccc2c2ccccc21)N1CCOCC1c1ncn[nH]1. The summed E-state index contributed by atoms with van der Waals surface area (Å²) in [7, 11) is 0. The topological polar surface area (TPSA) is 88.1 Å². The molecule has 1 atom stereocenters. The van der Waals surface area contributed by atoms with Gasteiger partial charge in [-0.1, -0.05) is 36.4 Å². The van der Waals surface area contributed by atoms with Crippen LogP contribution in [0.4, 0.5) is 4.79 Å². The van der Waals surface area contributed by atoms with Crippen molar-refractivity contribution in [2.24, 2.45) is 0 Å². The van der Waals surface area contributed by atoms with Crippen LogP contribution in [0.5, 0.6) is 0 Å². The van der Waals surface area contributed by atoms with E-state index in [9.17, 15) is 4.79 Å². The summed E-state index contributed by atoms with van der Waals surface area (Å²) in [5.41, 5.74) is 2.35. The number of amides is 2. The molecule has 1 saturated heterocycles. The molecule has 29 heavy (non-hydrogen) atoms. The van der Waals surface area contributed by atoms with Crippen molar-refractivity contribution in [2.75, 3.05) is 26.3 Å². The highest BCUT2D eigenvalue weighted by Crippen LogP contribution is 2.28. The third kappa shape index (κ3) is 3.21. The second-order valence-corrected chi connectivity index (χ2v) is 7.07. The Bertz CT molecular complexity index is 1080. The molecule has 1 aliphatic heterocycles. The van der Waals surface area contributed by atoms with Crippen LogP contribution in [0.15, 0.2) is 54.9 Å². The fraction of sp³-hybridized carbons (Fsp3) is 0.286. The lowest BCUT2D eigenvalue weighted by molar-refractivity contribution is 0.00874. The highest BCUT2D eigenvalue weighted by Gasteiger charge is 2.30. The van der Waals surface area contributed by atoms with Crippen LogP contribution in [-0.4, -0.2) is 57.0 Å². The van der Waals surface area contributed by atoms with Crippen LogP contribution in [-0.2, 0) is 11.3 Å². The molecular formula is C21H22N6O2. The quantitative estimate of drug-likeness (QED) is 0.561. The molecular weight excluding hydrogens is 368 g/mol. The summed E-state index contributed by atoms with van der Waals surface area (Å²) in [5.74, 6) is 0.641. The van der Waals surface area contributed by atoms with E-state index in [4.69, 9.17) is 4.74 Å². The summed E-state index contributed by atoms with van der Waals surface area (Å²) < 4.78 is 7.79. The van der Waals surface area contributed by atoms with E-state index < -0.39 is 0 Å². The number of urea groups is 1. The molecule has 3 heterocycles. The Balaban J connectivity index is 1.32. The van der Waals surface area contributed by atoms with Gasteiger partial charge >= 0.3 is 6.03 Å². The lowest BCUT2D eigenvalue weighted by atomic mass is 10.2. The second-order valence-electron chi connectivity index (χ2n) is 7.07. The second kappa shape index (κ2) is 7.56. The first kappa shape index (κ1) is 17.7. The Hall–Kier alpha value is -3.39. The molecule has 0 aliphatic carbocycles. The van der Waals surface area contributed by atoms with E-state index in [0.29, 0.717) is 38.7 Å². The fourth-order valence-corrected chi connectivity index (χ4v) is 4.07. The van der Waals surface area contributed by atoms with Gasteiger partial charge in [0.05, 0.1) is 13.2 Å². The number of aromatic amines is 1. The number of carbonyl (C=O) groups excluding carboxylic acids is 1. The van der Waals surface area contributed by atoms with Gasteiger partial charge in [-0.25, -0.2) is 9.78 Å². The van der Waals surface area contributed by atoms with E-state index in [1.54, 1.807) is 4.90 Å². The van der Waals surface area contributed by atoms with Crippen LogP contribution >= 0.6 is 0 Å². The summed E-state index contributed by atoms with van der Waals surface area (Å²) in [4.78, 5) is 18.8. The summed E-state index contributed by atoms with van der Waals surface area (Å²) in [6.07, 6.45) is 1.45. The van der Waals surface area contributed by atoms with Crippen molar-refractivity contribution in [2.45, 2.75) is 12.6 Å². The van der Waals surface area contributed by atoms with Gasteiger partial charge in [-0.05, 0) is 12.1 Å². The monoisotopic (exact) mass is 390 g/mol. The molecule has 8 nitrogen and oxygen atoms in total. The maximum atomic E-state index is 12.8. The van der Waals surface area contributed by atoms with E-state index >= 15 is 0 Å². The summed E-state index contributed by atoms with van der Waals surface area (Å²) in [5, 5.41) is 12.3. The third-order valence-corrected chi connectivity index (χ3v) is 5.43. The lowest BCUT2D eigenvalue weighted by Gasteiger charge is -2.34. The standard InChI is InChI=1S/C21H22N6O2/c28-21(27-11-12-29-13-19(27)20-23-14-24-25-20)22-9-10-26-17-7-3-1-5-15(17)16-6-2-4-8-18(16)26/h1-8,14,19H,9-13H2,(H,22,28)(H,23,24,25). The van der Waals surface area contributed by atoms with E-state index in [0.717, 1.165) is 0 Å². The minimum absolute atomic E-state index is 0.115. The summed E-state index contributed by atoms with van der Waals surface area (Å²) in [6, 6.07) is 16.4. The zero-order valence-electron chi connectivity index (χ0n) is 15.9. The number of nitrogens with zero attached hydrogens (tertiary/aromatic N) is 4. The van der Waals surface area contributed by atoms with Crippen LogP contribution in [0.2, 0.25) is 0 Å². The Morgan fingerprint density at radius 2 is 1.86 bits per heavy atom. The predicted molar refractivity (Wildman–Crippen MR) is 109 cm³/mol. The third-order valence-electron chi connectivity index (χ3n) is 5.43. The molecule has 5 rings (SSSR count). The van der Waals surface area contributed by atoms with Crippen LogP contribution in [0.3, 0.4) is 0 Å². The van der Waals surface area contributed by atoms with Gasteiger partial charge in [0.2, 0.25) is 0 Å². The first-order valence-corrected chi connectivity index (χ1v) is 9.76. The molecule has 8 heteroatoms. The molecule has 2 N–H and O–H groups in total. The zero-order valence-corrected chi connectivity index (χ0v) is 15.9. The molecule has 2 amide bonds. The number of H-pyrrole nitrogens is 1. The molecule has 2 aromatic carbocycles. The van der Waals surface area contributed by atoms with Crippen LogP contribution < -0.4 is 5.32 Å². The van der Waals surface area contributed by atoms with Crippen molar-refractivity contribution < 1.29 is 9.53 Å². The van der Waals surface area contributed by atoms with Crippen molar-refractivity contribution in [3.8, 4) is 0 Å². The van der Waals surface area contributed by atoms with Crippen molar-refractivity contribution in [3.63, 3.8) is 0 Å². The number of aromatic nitrogens is 4. The molecule has 0 radical (unpaired) electrons. The van der Waals surface area contributed by atoms with Crippen molar-refractivity contribution in [1.29, 1.82) is 0 Å². The van der Waals surface area contributed by atoms with Gasteiger partial charge in [-0.15, -0.1) is 0 Å². The molecule has 1 aliphatic rings. The largest absolute Gasteiger partial charge is 0.377 e. The average Bonchev–Trinajstić information content (AvgIpc) is 3.41. The molecule has 0 bridgehead atoms. The van der Waals surface area contributed by atoms with Crippen molar-refractivity contribution in [3.05, 3.63) is 60.7 Å². The first-order chi connectivity index (χ1) is 14.3. The van der Waals surface area contributed by atoms with Gasteiger partial charge in [0.25, 0.3) is 0 Å². The zero-order chi connectivity index (χ0) is 19.6. The number of hydrogen-bond acceptors (Lipinski definition) is 4. The van der Waals surface area contributed by atoms with E-state index in [1.165, 1.54) is 28.1 Å². The normalized spacial score (nSPS) is 17.1. The number of para-hydroxylation sites is 2. The number of ether oxygens (including phenoxy) is 1. The molecule has 0 spiro atoms. The van der Waals surface area contributed by atoms with Gasteiger partial charge < -0.3 is 19.5 Å². The maximum absolute atomic E-state index is 12.8. The number of morpholine rings is 1. The number of fused-ring (bicyclic) bond motifs is 3. The fourth-order valence-electron chi connectivity index (χ4n) is 4.07. The smallest absolute Gasteiger partial charge is 0.318 e. The van der Waals surface area contributed by atoms with Crippen LogP contribution in [0, 0.1) is 0 Å². The van der Waals surface area contributed by atoms with Gasteiger partial charge in [-0.2, -0.15) is 5.10 Å². The van der Waals surface area contributed by atoms with E-state index in [-0.39, 0.29) is 12.1 Å². The molecule has 1 fully saturated rings. The molecule has 4 aromatic rings. The molecule has 2 aromatic heterocycles. The molecule has 1 unspecified atom stereocenters. The molecule has 148 valence electrons. The van der Waals surface area contributed by atoms with Crippen molar-refractivity contribution >= 4 is 27.8 Å². The number of rotatable bonds is 4. The van der Waals surface area contributed by atoms with E-state index in [2.05, 4.69) is 61.5 Å². The predicted octanol–water partition coefficient (Wildman–Crippen LogP) is 2.70. The van der Waals surface area contributed by atoms with Crippen molar-refractivity contribution in [1.82, 2.24) is 30.0 Å². The number of hydrogen-bond donors (Lipinski definition) is 2. The maximum Gasteiger partial charge on any atom is 0.318 e.